The van der Waals surface area contributed by atoms with Crippen molar-refractivity contribution in [3.05, 3.63) is 95.1 Å². The van der Waals surface area contributed by atoms with Crippen LogP contribution >= 0.6 is 11.6 Å². The van der Waals surface area contributed by atoms with Crippen LogP contribution in [0.2, 0.25) is 0 Å². The molecule has 1 aliphatic heterocycles. The predicted molar refractivity (Wildman–Crippen MR) is 235 cm³/mol. The van der Waals surface area contributed by atoms with Crippen LogP contribution < -0.4 is 20.9 Å². The van der Waals surface area contributed by atoms with Gasteiger partial charge in [0.2, 0.25) is 11.8 Å². The number of hydrogen-bond acceptors (Lipinski definition) is 8. The monoisotopic (exact) mass is 882 g/mol. The maximum Gasteiger partial charge on any atom is 0.414 e. The van der Waals surface area contributed by atoms with Gasteiger partial charge in [0.1, 0.15) is 30.4 Å². The minimum absolute atomic E-state index is 0.169. The van der Waals surface area contributed by atoms with Crippen LogP contribution in [0.4, 0.5) is 29.7 Å². The number of carbonyl (C=O) groups excluding carboxylic acids is 5. The zero-order valence-electron chi connectivity index (χ0n) is 36.4. The molecule has 3 aliphatic rings. The average Bonchev–Trinajstić information content (AvgIpc) is 3.62. The molecule has 0 aromatic heterocycles. The predicted octanol–water partition coefficient (Wildman–Crippen LogP) is 9.74. The van der Waals surface area contributed by atoms with Crippen molar-refractivity contribution in [1.82, 2.24) is 10.6 Å². The normalized spacial score (nSPS) is 21.1. The van der Waals surface area contributed by atoms with Crippen LogP contribution in [0.15, 0.2) is 66.7 Å². The summed E-state index contributed by atoms with van der Waals surface area (Å²) in [4.78, 5) is 57.2. The second kappa shape index (κ2) is 25.0. The van der Waals surface area contributed by atoms with Gasteiger partial charge < -0.3 is 24.8 Å². The van der Waals surface area contributed by atoms with E-state index in [4.69, 9.17) is 25.8 Å². The Bertz CT molecular complexity index is 1940. The summed E-state index contributed by atoms with van der Waals surface area (Å²) in [6.07, 6.45) is 6.72. The Hall–Kier alpha value is -5.24. The van der Waals surface area contributed by atoms with Gasteiger partial charge in [-0.15, -0.1) is 11.6 Å². The molecule has 3 aromatic carbocycles. The molecule has 2 saturated carbocycles. The Balaban J connectivity index is 0.000000218. The summed E-state index contributed by atoms with van der Waals surface area (Å²) in [6, 6.07) is 19.4. The van der Waals surface area contributed by atoms with Gasteiger partial charge in [-0.1, -0.05) is 82.0 Å². The van der Waals surface area contributed by atoms with E-state index in [1.807, 2.05) is 30.3 Å². The fourth-order valence-electron chi connectivity index (χ4n) is 7.69. The molecular formula is C47H61ClF2N4O8. The molecule has 4 amide bonds. The number of nitrogens with zero attached hydrogens (tertiary/aromatic N) is 1. The molecule has 2 aliphatic carbocycles. The van der Waals surface area contributed by atoms with Gasteiger partial charge in [0.15, 0.2) is 0 Å². The number of benzene rings is 3. The molecule has 15 heteroatoms. The van der Waals surface area contributed by atoms with E-state index in [0.29, 0.717) is 17.9 Å². The number of nitrogens with one attached hydrogen (secondary N) is 3. The summed E-state index contributed by atoms with van der Waals surface area (Å²) in [5.74, 6) is 0.946. The Kier molecular flexibility index (Phi) is 19.9. The highest BCUT2D eigenvalue weighted by atomic mass is 35.5. The quantitative estimate of drug-likeness (QED) is 0.0924. The van der Waals surface area contributed by atoms with Crippen molar-refractivity contribution < 1.29 is 47.0 Å². The van der Waals surface area contributed by atoms with Gasteiger partial charge in [-0.2, -0.15) is 0 Å². The first-order chi connectivity index (χ1) is 29.6. The molecule has 62 heavy (non-hydrogen) atoms. The van der Waals surface area contributed by atoms with Crippen LogP contribution in [-0.4, -0.2) is 67.7 Å². The molecule has 0 spiro atoms. The molecule has 1 heterocycles. The van der Waals surface area contributed by atoms with Gasteiger partial charge in [-0.3, -0.25) is 24.6 Å². The Morgan fingerprint density at radius 3 is 1.87 bits per heavy atom. The van der Waals surface area contributed by atoms with Crippen molar-refractivity contribution in [2.45, 2.75) is 117 Å². The average molecular weight is 883 g/mol. The van der Waals surface area contributed by atoms with Gasteiger partial charge in [-0.25, -0.2) is 18.4 Å². The molecule has 2 atom stereocenters. The Morgan fingerprint density at radius 1 is 0.790 bits per heavy atom. The number of rotatable bonds is 12. The second-order valence-corrected chi connectivity index (χ2v) is 16.7. The van der Waals surface area contributed by atoms with Crippen LogP contribution in [-0.2, 0) is 35.2 Å². The van der Waals surface area contributed by atoms with Gasteiger partial charge in [-0.05, 0) is 90.3 Å². The zero-order chi connectivity index (χ0) is 45.2. The summed E-state index contributed by atoms with van der Waals surface area (Å²) in [6.45, 7) is 9.61. The van der Waals surface area contributed by atoms with E-state index in [-0.39, 0.29) is 60.9 Å². The molecule has 0 radical (unpaired) electrons. The zero-order valence-corrected chi connectivity index (χ0v) is 37.1. The first kappa shape index (κ1) is 49.4. The van der Waals surface area contributed by atoms with E-state index >= 15 is 0 Å². The maximum absolute atomic E-state index is 14.6. The molecule has 0 unspecified atom stereocenters. The number of esters is 1. The highest BCUT2D eigenvalue weighted by Crippen LogP contribution is 2.39. The molecule has 0 bridgehead atoms. The number of cyclic esters (lactones) is 1. The minimum Gasteiger partial charge on any atom is -0.459 e. The van der Waals surface area contributed by atoms with E-state index in [2.05, 4.69) is 29.8 Å². The van der Waals surface area contributed by atoms with Gasteiger partial charge in [0, 0.05) is 26.5 Å². The third-order valence-electron chi connectivity index (χ3n) is 11.2. The largest absolute Gasteiger partial charge is 0.459 e. The van der Waals surface area contributed by atoms with Crippen LogP contribution in [0, 0.1) is 23.5 Å². The lowest BCUT2D eigenvalue weighted by Crippen LogP contribution is -2.34. The van der Waals surface area contributed by atoms with Crippen LogP contribution in [0.1, 0.15) is 115 Å². The molecule has 1 saturated heterocycles. The standard InChI is InChI=1S/C21H24FNO2.C19H25FN2O3.C7H12ClNO3/c1-15-7-9-17(10-8-15)19-12-11-18(13-20(19)22)23-21(24)25-14-16-5-3-2-4-6-16;1-12-3-5-14(6-4-12)17-8-7-15(9-18(17)20)22-11-16(25-19(22)24)10-21-13(2)23;1-5(10)9-4-7(3-8)12-6(2)11/h2-6,11-13,15,17H,7-10,14H2,1H3,(H,23,24);7-9,12,14,16H,3-6,10-11H2,1-2H3,(H,21,23);7H,3-4H2,1-2H3,(H,9,10)/t;12?,14?,16-;7-/m.01/s1. The number of amides is 4. The fourth-order valence-corrected chi connectivity index (χ4v) is 7.86. The van der Waals surface area contributed by atoms with Gasteiger partial charge >= 0.3 is 18.2 Å². The highest BCUT2D eigenvalue weighted by molar-refractivity contribution is 6.18. The summed E-state index contributed by atoms with van der Waals surface area (Å²) < 4.78 is 44.2. The lowest BCUT2D eigenvalue weighted by molar-refractivity contribution is -0.145. The lowest BCUT2D eigenvalue weighted by Gasteiger charge is -2.27. The van der Waals surface area contributed by atoms with E-state index < -0.39 is 30.4 Å². The Morgan fingerprint density at radius 2 is 1.35 bits per heavy atom. The minimum atomic E-state index is -0.581. The number of carbonyl (C=O) groups is 5. The van der Waals surface area contributed by atoms with Crippen molar-refractivity contribution in [2.24, 2.45) is 11.8 Å². The van der Waals surface area contributed by atoms with Crippen LogP contribution in [0.3, 0.4) is 0 Å². The van der Waals surface area contributed by atoms with E-state index in [1.165, 1.54) is 37.8 Å². The number of ether oxygens (including phenoxy) is 3. The number of halogens is 3. The molecule has 12 nitrogen and oxygen atoms in total. The second-order valence-electron chi connectivity index (χ2n) is 16.4. The number of alkyl halides is 1. The highest BCUT2D eigenvalue weighted by Gasteiger charge is 2.33. The number of anilines is 2. The third kappa shape index (κ3) is 16.6. The van der Waals surface area contributed by atoms with Gasteiger partial charge in [0.05, 0.1) is 31.2 Å². The summed E-state index contributed by atoms with van der Waals surface area (Å²) in [5.41, 5.74) is 3.34. The SMILES string of the molecule is CC(=O)NC[C@@H](CCl)OC(C)=O.CC(=O)NC[C@H]1CN(c2ccc(C3CCC(C)CC3)c(F)c2)C(=O)O1.CC1CCC(c2ccc(NC(=O)OCc3ccccc3)cc2F)CC1. The molecule has 3 aromatic rings. The summed E-state index contributed by atoms with van der Waals surface area (Å²) in [5, 5.41) is 7.72. The van der Waals surface area contributed by atoms with Crippen molar-refractivity contribution >= 4 is 52.9 Å². The lowest BCUT2D eigenvalue weighted by atomic mass is 9.79. The first-order valence-corrected chi connectivity index (χ1v) is 21.9. The smallest absolute Gasteiger partial charge is 0.414 e. The van der Waals surface area contributed by atoms with Crippen molar-refractivity contribution in [2.75, 3.05) is 35.7 Å². The Labute approximate surface area is 368 Å². The third-order valence-corrected chi connectivity index (χ3v) is 11.5. The first-order valence-electron chi connectivity index (χ1n) is 21.4. The fraction of sp³-hybridized carbons (Fsp3) is 0.511. The van der Waals surface area contributed by atoms with Gasteiger partial charge in [0.25, 0.3) is 0 Å². The van der Waals surface area contributed by atoms with Crippen LogP contribution in [0.5, 0.6) is 0 Å². The molecular weight excluding hydrogens is 822 g/mol. The maximum atomic E-state index is 14.6. The molecule has 6 rings (SSSR count). The number of hydrogen-bond donors (Lipinski definition) is 3. The van der Waals surface area contributed by atoms with Crippen molar-refractivity contribution in [3.8, 4) is 0 Å². The molecule has 3 N–H and O–H groups in total. The van der Waals surface area contributed by atoms with E-state index in [9.17, 15) is 32.8 Å². The molecule has 338 valence electrons. The van der Waals surface area contributed by atoms with Crippen molar-refractivity contribution in [1.29, 1.82) is 0 Å². The molecule has 3 fully saturated rings. The van der Waals surface area contributed by atoms with Crippen LogP contribution in [0.25, 0.3) is 0 Å². The summed E-state index contributed by atoms with van der Waals surface area (Å²) >= 11 is 5.47. The van der Waals surface area contributed by atoms with Crippen molar-refractivity contribution in [3.63, 3.8) is 0 Å². The van der Waals surface area contributed by atoms with E-state index in [0.717, 1.165) is 79.9 Å². The topological polar surface area (TPSA) is 152 Å². The van der Waals surface area contributed by atoms with E-state index in [1.54, 1.807) is 24.3 Å². The summed E-state index contributed by atoms with van der Waals surface area (Å²) in [7, 11) is 0.